The number of nitrogens with two attached hydrogens (primary N) is 1. The summed E-state index contributed by atoms with van der Waals surface area (Å²) in [7, 11) is 3.65. The Morgan fingerprint density at radius 2 is 2.11 bits per heavy atom. The van der Waals surface area contributed by atoms with Crippen LogP contribution in [0.1, 0.15) is 5.56 Å². The smallest absolute Gasteiger partial charge is 0.231 e. The molecule has 3 rings (SSSR count). The molecule has 0 saturated carbocycles. The van der Waals surface area contributed by atoms with Gasteiger partial charge in [-0.15, -0.1) is 0 Å². The van der Waals surface area contributed by atoms with E-state index >= 15 is 0 Å². The van der Waals surface area contributed by atoms with Crippen LogP contribution in [-0.2, 0) is 18.3 Å². The predicted molar refractivity (Wildman–Crippen MR) is 77.9 cm³/mol. The van der Waals surface area contributed by atoms with E-state index in [0.29, 0.717) is 12.2 Å². The number of aromatic nitrogens is 2. The second-order valence-corrected chi connectivity index (χ2v) is 5.44. The predicted octanol–water partition coefficient (Wildman–Crippen LogP) is 1.95. The maximum Gasteiger partial charge on any atom is 0.231 e. The van der Waals surface area contributed by atoms with Gasteiger partial charge in [-0.05, 0) is 33.6 Å². The zero-order valence-electron chi connectivity index (χ0n) is 10.6. The molecule has 1 aliphatic heterocycles. The number of nitrogens with zero attached hydrogens (tertiary/aromatic N) is 3. The summed E-state index contributed by atoms with van der Waals surface area (Å²) in [5.41, 5.74) is 9.72. The van der Waals surface area contributed by atoms with Crippen molar-refractivity contribution in [2.24, 2.45) is 7.05 Å². The molecule has 0 atom stereocenters. The Morgan fingerprint density at radius 3 is 2.74 bits per heavy atom. The Hall–Kier alpha value is -1.82. The minimum atomic E-state index is 0.121. The lowest BCUT2D eigenvalue weighted by molar-refractivity contribution is -0.117. The minimum absolute atomic E-state index is 0.121. The number of halogens is 1. The van der Waals surface area contributed by atoms with Gasteiger partial charge in [0.25, 0.3) is 0 Å². The highest BCUT2D eigenvalue weighted by molar-refractivity contribution is 9.10. The Balaban J connectivity index is 2.14. The molecule has 1 amide bonds. The average Bonchev–Trinajstić information content (AvgIpc) is 2.78. The van der Waals surface area contributed by atoms with Crippen molar-refractivity contribution in [3.05, 3.63) is 28.2 Å². The molecular formula is C13H13BrN4O. The lowest BCUT2D eigenvalue weighted by Gasteiger charge is -2.10. The quantitative estimate of drug-likeness (QED) is 0.873. The lowest BCUT2D eigenvalue weighted by atomic mass is 10.1. The van der Waals surface area contributed by atoms with Crippen LogP contribution in [0.25, 0.3) is 11.3 Å². The summed E-state index contributed by atoms with van der Waals surface area (Å²) in [6, 6.07) is 5.97. The minimum Gasteiger partial charge on any atom is -0.381 e. The van der Waals surface area contributed by atoms with E-state index in [0.717, 1.165) is 27.0 Å². The molecule has 0 fully saturated rings. The van der Waals surface area contributed by atoms with Crippen LogP contribution in [0.4, 0.5) is 11.5 Å². The van der Waals surface area contributed by atoms with Crippen LogP contribution in [0, 0.1) is 0 Å². The first-order valence-corrected chi connectivity index (χ1v) is 6.66. The Morgan fingerprint density at radius 1 is 1.37 bits per heavy atom. The van der Waals surface area contributed by atoms with E-state index in [-0.39, 0.29) is 5.91 Å². The van der Waals surface area contributed by atoms with Crippen molar-refractivity contribution in [1.82, 2.24) is 9.78 Å². The summed E-state index contributed by atoms with van der Waals surface area (Å²) in [5, 5.41) is 4.18. The van der Waals surface area contributed by atoms with Gasteiger partial charge in [-0.25, -0.2) is 0 Å². The zero-order valence-corrected chi connectivity index (χ0v) is 12.2. The third kappa shape index (κ3) is 1.74. The van der Waals surface area contributed by atoms with Gasteiger partial charge in [0.05, 0.1) is 16.6 Å². The molecule has 0 saturated heterocycles. The van der Waals surface area contributed by atoms with Gasteiger partial charge < -0.3 is 10.6 Å². The number of fused-ring (bicyclic) bond motifs is 1. The molecule has 0 bridgehead atoms. The first kappa shape index (κ1) is 12.2. The van der Waals surface area contributed by atoms with Gasteiger partial charge in [-0.3, -0.25) is 9.48 Å². The lowest BCUT2D eigenvalue weighted by Crippen LogP contribution is -2.20. The Kier molecular flexibility index (Phi) is 2.63. The topological polar surface area (TPSA) is 64.2 Å². The Labute approximate surface area is 119 Å². The van der Waals surface area contributed by atoms with Crippen LogP contribution in [0.15, 0.2) is 22.7 Å². The second kappa shape index (κ2) is 4.09. The molecule has 19 heavy (non-hydrogen) atoms. The number of anilines is 2. The molecule has 6 heteroatoms. The molecule has 0 aliphatic carbocycles. The molecule has 2 heterocycles. The number of likely N-dealkylation sites (N-methyl/N-ethyl adjacent to an activating group) is 1. The molecule has 5 nitrogen and oxygen atoms in total. The van der Waals surface area contributed by atoms with Crippen molar-refractivity contribution in [1.29, 1.82) is 0 Å². The number of carbonyl (C=O) groups is 1. The van der Waals surface area contributed by atoms with Crippen molar-refractivity contribution in [3.8, 4) is 11.3 Å². The van der Waals surface area contributed by atoms with Crippen molar-refractivity contribution in [2.75, 3.05) is 17.7 Å². The number of amides is 1. The number of rotatable bonds is 1. The van der Waals surface area contributed by atoms with Crippen LogP contribution in [-0.4, -0.2) is 22.7 Å². The van der Waals surface area contributed by atoms with E-state index in [1.54, 1.807) is 16.6 Å². The zero-order chi connectivity index (χ0) is 13.7. The van der Waals surface area contributed by atoms with Crippen molar-refractivity contribution < 1.29 is 4.79 Å². The van der Waals surface area contributed by atoms with E-state index in [2.05, 4.69) is 21.0 Å². The van der Waals surface area contributed by atoms with E-state index in [1.165, 1.54) is 0 Å². The van der Waals surface area contributed by atoms with E-state index < -0.39 is 0 Å². The monoisotopic (exact) mass is 320 g/mol. The van der Waals surface area contributed by atoms with Crippen molar-refractivity contribution >= 4 is 33.3 Å². The fourth-order valence-corrected chi connectivity index (χ4v) is 3.01. The average molecular weight is 321 g/mol. The second-order valence-electron chi connectivity index (χ2n) is 4.64. The molecule has 2 N–H and O–H groups in total. The summed E-state index contributed by atoms with van der Waals surface area (Å²) in [5.74, 6) is 0.585. The molecule has 0 unspecified atom stereocenters. The first-order valence-electron chi connectivity index (χ1n) is 5.87. The molecule has 1 aliphatic rings. The van der Waals surface area contributed by atoms with Crippen LogP contribution >= 0.6 is 15.9 Å². The number of aryl methyl sites for hydroxylation is 1. The highest BCUT2D eigenvalue weighted by atomic mass is 79.9. The maximum absolute atomic E-state index is 11.7. The SMILES string of the molecule is CN1C(=O)Cc2cc(-c3c(Br)c(N)nn3C)ccc21. The number of nitrogen functional groups attached to an aromatic ring is 1. The van der Waals surface area contributed by atoms with E-state index in [9.17, 15) is 4.79 Å². The molecule has 98 valence electrons. The summed E-state index contributed by atoms with van der Waals surface area (Å²) < 4.78 is 2.52. The van der Waals surface area contributed by atoms with Crippen LogP contribution in [0.2, 0.25) is 0 Å². The van der Waals surface area contributed by atoms with Gasteiger partial charge >= 0.3 is 0 Å². The molecule has 1 aromatic carbocycles. The number of hydrogen-bond acceptors (Lipinski definition) is 3. The molecule has 2 aromatic rings. The largest absolute Gasteiger partial charge is 0.381 e. The van der Waals surface area contributed by atoms with Gasteiger partial charge in [0, 0.05) is 25.3 Å². The third-order valence-electron chi connectivity index (χ3n) is 3.44. The van der Waals surface area contributed by atoms with Gasteiger partial charge in [0.15, 0.2) is 5.82 Å². The number of hydrogen-bond donors (Lipinski definition) is 1. The first-order chi connectivity index (χ1) is 8.99. The standard InChI is InChI=1S/C13H13BrN4O/c1-17-9-4-3-7(5-8(9)6-10(17)19)12-11(14)13(15)16-18(12)2/h3-5H,6H2,1-2H3,(H2,15,16). The normalized spacial score (nSPS) is 14.1. The summed E-state index contributed by atoms with van der Waals surface area (Å²) in [6.45, 7) is 0. The van der Waals surface area contributed by atoms with E-state index in [1.807, 2.05) is 25.2 Å². The fraction of sp³-hybridized carbons (Fsp3) is 0.231. The molecular weight excluding hydrogens is 308 g/mol. The van der Waals surface area contributed by atoms with E-state index in [4.69, 9.17) is 5.73 Å². The number of carbonyl (C=O) groups excluding carboxylic acids is 1. The Bertz CT molecular complexity index is 692. The molecule has 0 radical (unpaired) electrons. The summed E-state index contributed by atoms with van der Waals surface area (Å²) in [4.78, 5) is 13.4. The highest BCUT2D eigenvalue weighted by Crippen LogP contribution is 2.36. The van der Waals surface area contributed by atoms with Crippen molar-refractivity contribution in [2.45, 2.75) is 6.42 Å². The maximum atomic E-state index is 11.7. The van der Waals surface area contributed by atoms with Gasteiger partial charge in [-0.1, -0.05) is 6.07 Å². The molecule has 0 spiro atoms. The van der Waals surface area contributed by atoms with Gasteiger partial charge in [-0.2, -0.15) is 5.10 Å². The third-order valence-corrected chi connectivity index (χ3v) is 4.23. The highest BCUT2D eigenvalue weighted by Gasteiger charge is 2.25. The summed E-state index contributed by atoms with van der Waals surface area (Å²) in [6.07, 6.45) is 0.449. The van der Waals surface area contributed by atoms with Gasteiger partial charge in [0.2, 0.25) is 5.91 Å². The fourth-order valence-electron chi connectivity index (χ4n) is 2.45. The van der Waals surface area contributed by atoms with Crippen molar-refractivity contribution in [3.63, 3.8) is 0 Å². The van der Waals surface area contributed by atoms with Crippen LogP contribution < -0.4 is 10.6 Å². The van der Waals surface area contributed by atoms with Crippen LogP contribution in [0.3, 0.4) is 0 Å². The number of benzene rings is 1. The van der Waals surface area contributed by atoms with Gasteiger partial charge in [0.1, 0.15) is 0 Å². The molecule has 1 aromatic heterocycles. The van der Waals surface area contributed by atoms with Crippen LogP contribution in [0.5, 0.6) is 0 Å². The summed E-state index contributed by atoms with van der Waals surface area (Å²) >= 11 is 3.46.